The topological polar surface area (TPSA) is 221 Å². The molecule has 1 saturated heterocycles. The summed E-state index contributed by atoms with van der Waals surface area (Å²) >= 11 is 7.68. The number of nitrogens with zero attached hydrogens (tertiary/aromatic N) is 3. The van der Waals surface area contributed by atoms with Gasteiger partial charge in [0.25, 0.3) is 5.91 Å². The summed E-state index contributed by atoms with van der Waals surface area (Å²) in [6.45, 7) is 14.8. The van der Waals surface area contributed by atoms with Gasteiger partial charge in [-0.2, -0.15) is 5.26 Å². The van der Waals surface area contributed by atoms with E-state index < -0.39 is 35.4 Å². The van der Waals surface area contributed by atoms with Gasteiger partial charge in [0.05, 0.1) is 27.1 Å². The number of nitrogen functional groups attached to an aromatic ring is 1. The van der Waals surface area contributed by atoms with Crippen LogP contribution in [0, 0.1) is 27.6 Å². The van der Waals surface area contributed by atoms with Crippen molar-refractivity contribution in [2.75, 3.05) is 37.4 Å². The van der Waals surface area contributed by atoms with E-state index in [0.29, 0.717) is 40.9 Å². The number of ether oxygens (including phenoxy) is 2. The Morgan fingerprint density at radius 1 is 1.01 bits per heavy atom. The number of aliphatic hydroxyl groups is 1. The minimum atomic E-state index is -0.955. The first-order valence-corrected chi connectivity index (χ1v) is 23.9. The fourth-order valence-corrected chi connectivity index (χ4v) is 10.3. The molecule has 15 nitrogen and oxygen atoms in total. The second-order valence-corrected chi connectivity index (χ2v) is 20.9. The molecule has 0 radical (unpaired) electrons. The SMILES string of the molecule is CC(C)(C)[C@H](NC(=O)COCCCCCNc1ccc(C(=O)N[C@H]2C(C)(C)[C@H](Oc3ccc(C#N)c(Cl)c3)C2(C)C)cc1)C(=O)N1C[C@H](O)C[C@H]1C(=O)NCc1ccc(-c2scnc2N)cc1. The Morgan fingerprint density at radius 3 is 2.34 bits per heavy atom. The van der Waals surface area contributed by atoms with Crippen molar-refractivity contribution in [3.8, 4) is 22.3 Å². The van der Waals surface area contributed by atoms with Crippen LogP contribution in [-0.4, -0.2) is 95.3 Å². The number of benzene rings is 3. The Labute approximate surface area is 402 Å². The number of aliphatic hydroxyl groups excluding tert-OH is 1. The molecule has 2 fully saturated rings. The van der Waals surface area contributed by atoms with Crippen LogP contribution in [0.2, 0.25) is 5.02 Å². The normalized spacial score (nSPS) is 19.9. The Kier molecular flexibility index (Phi) is 16.3. The molecule has 1 aliphatic heterocycles. The van der Waals surface area contributed by atoms with Gasteiger partial charge in [-0.25, -0.2) is 4.98 Å². The van der Waals surface area contributed by atoms with Gasteiger partial charge in [0.2, 0.25) is 17.7 Å². The van der Waals surface area contributed by atoms with Crippen molar-refractivity contribution in [1.29, 1.82) is 5.26 Å². The zero-order valence-corrected chi connectivity index (χ0v) is 40.9. The van der Waals surface area contributed by atoms with E-state index in [9.17, 15) is 29.5 Å². The van der Waals surface area contributed by atoms with Crippen molar-refractivity contribution in [2.24, 2.45) is 16.2 Å². The van der Waals surface area contributed by atoms with Crippen LogP contribution < -0.4 is 31.7 Å². The standard InChI is InChI=1S/C50H63ClN8O7S/c1-48(2,3)41(45(64)59-27-35(60)23-38(59)44(63)55-26-30-11-13-31(14-12-30)40-42(53)56-29-67-40)57-39(61)28-65-22-10-8-9-21-54-34-18-15-32(16-19-34)43(62)58-46-49(4,5)47(50(46,6)7)66-36-20-17-33(25-52)37(51)24-36/h11-20,24,29,35,38,41,46-47,54,60H,8-10,21-23,26-28,53H2,1-7H3,(H,55,63)(H,57,61)(H,58,62)/t35-,38+,41-,46-,47-/m1/s1. The van der Waals surface area contributed by atoms with Gasteiger partial charge in [-0.1, -0.05) is 84.3 Å². The Balaban J connectivity index is 0.878. The molecule has 2 aliphatic rings. The van der Waals surface area contributed by atoms with Crippen LogP contribution in [0.3, 0.4) is 0 Å². The highest BCUT2D eigenvalue weighted by atomic mass is 35.5. The second-order valence-electron chi connectivity index (χ2n) is 19.7. The summed E-state index contributed by atoms with van der Waals surface area (Å²) in [5, 5.41) is 32.5. The van der Waals surface area contributed by atoms with Crippen molar-refractivity contribution in [3.05, 3.63) is 94.0 Å². The lowest BCUT2D eigenvalue weighted by molar-refractivity contribution is -0.164. The minimum Gasteiger partial charge on any atom is -0.489 e. The van der Waals surface area contributed by atoms with E-state index in [1.165, 1.54) is 16.2 Å². The van der Waals surface area contributed by atoms with Crippen molar-refractivity contribution < 1.29 is 33.8 Å². The largest absolute Gasteiger partial charge is 0.489 e. The number of carbonyl (C=O) groups excluding carboxylic acids is 4. The van der Waals surface area contributed by atoms with Crippen LogP contribution in [0.5, 0.6) is 5.75 Å². The van der Waals surface area contributed by atoms with E-state index in [2.05, 4.69) is 60.0 Å². The molecule has 4 amide bonds. The number of nitriles is 1. The number of halogens is 1. The lowest BCUT2D eigenvalue weighted by Crippen LogP contribution is -2.74. The molecule has 2 heterocycles. The summed E-state index contributed by atoms with van der Waals surface area (Å²) in [7, 11) is 0. The number of carbonyl (C=O) groups is 4. The monoisotopic (exact) mass is 954 g/mol. The molecule has 0 bridgehead atoms. The summed E-state index contributed by atoms with van der Waals surface area (Å²) < 4.78 is 12.0. The molecular formula is C50H63ClN8O7S. The molecule has 0 spiro atoms. The van der Waals surface area contributed by atoms with Crippen LogP contribution >= 0.6 is 22.9 Å². The second kappa shape index (κ2) is 21.5. The van der Waals surface area contributed by atoms with Crippen LogP contribution in [0.1, 0.15) is 95.6 Å². The fraction of sp³-hybridized carbons (Fsp3) is 0.480. The maximum atomic E-state index is 14.0. The first-order valence-electron chi connectivity index (χ1n) is 22.6. The molecule has 358 valence electrons. The average Bonchev–Trinajstić information content (AvgIpc) is 3.91. The van der Waals surface area contributed by atoms with Gasteiger partial charge >= 0.3 is 0 Å². The third-order valence-corrected chi connectivity index (χ3v) is 13.9. The molecule has 6 rings (SSSR count). The highest BCUT2D eigenvalue weighted by Gasteiger charge is 2.64. The number of thiazole rings is 1. The van der Waals surface area contributed by atoms with Crippen LogP contribution in [0.15, 0.2) is 72.2 Å². The zero-order chi connectivity index (χ0) is 48.7. The molecule has 67 heavy (non-hydrogen) atoms. The maximum Gasteiger partial charge on any atom is 0.251 e. The Hall–Kier alpha value is -5.73. The quantitative estimate of drug-likeness (QED) is 0.0529. The number of likely N-dealkylation sites (tertiary alicyclic amines) is 1. The number of aromatic nitrogens is 1. The number of anilines is 2. The molecule has 17 heteroatoms. The van der Waals surface area contributed by atoms with E-state index in [1.807, 2.05) is 57.2 Å². The fourth-order valence-electron chi connectivity index (χ4n) is 9.33. The third-order valence-electron chi connectivity index (χ3n) is 12.7. The minimum absolute atomic E-state index is 0.0197. The van der Waals surface area contributed by atoms with Crippen LogP contribution in [0.25, 0.3) is 10.4 Å². The highest BCUT2D eigenvalue weighted by Crippen LogP contribution is 2.55. The number of hydrogen-bond acceptors (Lipinski definition) is 12. The molecular weight excluding hydrogens is 892 g/mol. The van der Waals surface area contributed by atoms with Crippen LogP contribution in [0.4, 0.5) is 11.5 Å². The number of nitrogens with one attached hydrogen (secondary N) is 4. The molecule has 3 aromatic carbocycles. The van der Waals surface area contributed by atoms with Gasteiger partial charge in [-0.3, -0.25) is 19.2 Å². The lowest BCUT2D eigenvalue weighted by atomic mass is 9.49. The van der Waals surface area contributed by atoms with E-state index in [4.69, 9.17) is 26.8 Å². The molecule has 1 aliphatic carbocycles. The predicted octanol–water partition coefficient (Wildman–Crippen LogP) is 6.94. The summed E-state index contributed by atoms with van der Waals surface area (Å²) in [6, 6.07) is 20.1. The molecule has 3 atom stereocenters. The van der Waals surface area contributed by atoms with Gasteiger partial charge < -0.3 is 46.5 Å². The number of rotatable bonds is 19. The van der Waals surface area contributed by atoms with Crippen LogP contribution in [-0.2, 0) is 25.7 Å². The Morgan fingerprint density at radius 2 is 1.72 bits per heavy atom. The first kappa shape index (κ1) is 50.7. The average molecular weight is 956 g/mol. The number of hydrogen-bond donors (Lipinski definition) is 6. The maximum absolute atomic E-state index is 14.0. The van der Waals surface area contributed by atoms with Gasteiger partial charge in [0.15, 0.2) is 0 Å². The number of amides is 4. The summed E-state index contributed by atoms with van der Waals surface area (Å²) in [4.78, 5) is 60.1. The molecule has 4 aromatic rings. The summed E-state index contributed by atoms with van der Waals surface area (Å²) in [6.07, 6.45) is 1.44. The van der Waals surface area contributed by atoms with E-state index in [-0.39, 0.29) is 60.9 Å². The summed E-state index contributed by atoms with van der Waals surface area (Å²) in [5.74, 6) is -0.393. The van der Waals surface area contributed by atoms with E-state index in [0.717, 1.165) is 41.0 Å². The number of nitrogens with two attached hydrogens (primary N) is 1. The van der Waals surface area contributed by atoms with E-state index in [1.54, 1.807) is 35.8 Å². The van der Waals surface area contributed by atoms with Crippen molar-refractivity contribution in [3.63, 3.8) is 0 Å². The van der Waals surface area contributed by atoms with Crippen molar-refractivity contribution in [1.82, 2.24) is 25.8 Å². The molecule has 7 N–H and O–H groups in total. The zero-order valence-electron chi connectivity index (χ0n) is 39.3. The molecule has 1 aromatic heterocycles. The van der Waals surface area contributed by atoms with Gasteiger partial charge in [0, 0.05) is 66.9 Å². The van der Waals surface area contributed by atoms with Gasteiger partial charge in [-0.15, -0.1) is 11.3 Å². The number of β-amino-alcohol motifs (C(OH)–C–C–N with tert-alkyl or cyclic N) is 1. The van der Waals surface area contributed by atoms with Crippen molar-refractivity contribution in [2.45, 2.75) is 111 Å². The highest BCUT2D eigenvalue weighted by molar-refractivity contribution is 7.13. The lowest BCUT2D eigenvalue weighted by Gasteiger charge is -2.63. The first-order chi connectivity index (χ1) is 31.7. The predicted molar refractivity (Wildman–Crippen MR) is 260 cm³/mol. The third kappa shape index (κ3) is 12.2. The Bertz CT molecular complexity index is 2410. The number of unbranched alkanes of at least 4 members (excludes halogenated alkanes) is 2. The summed E-state index contributed by atoms with van der Waals surface area (Å²) in [5.41, 5.74) is 9.80. The van der Waals surface area contributed by atoms with Crippen molar-refractivity contribution >= 4 is 58.1 Å². The molecule has 0 unspecified atom stereocenters. The van der Waals surface area contributed by atoms with E-state index >= 15 is 0 Å². The smallest absolute Gasteiger partial charge is 0.251 e. The van der Waals surface area contributed by atoms with Gasteiger partial charge in [0.1, 0.15) is 42.4 Å². The van der Waals surface area contributed by atoms with Gasteiger partial charge in [-0.05, 0) is 72.2 Å². The molecule has 1 saturated carbocycles.